The molecule has 1 aromatic heterocycles. The molecule has 0 aliphatic rings. The minimum Gasteiger partial charge on any atom is -0.462 e. The van der Waals surface area contributed by atoms with Crippen molar-refractivity contribution in [1.29, 1.82) is 0 Å². The van der Waals surface area contributed by atoms with Crippen LogP contribution in [0.15, 0.2) is 42.5 Å². The zero-order chi connectivity index (χ0) is 14.4. The van der Waals surface area contributed by atoms with Gasteiger partial charge in [-0.3, -0.25) is 0 Å². The van der Waals surface area contributed by atoms with Gasteiger partial charge in [-0.05, 0) is 42.9 Å². The Bertz CT molecular complexity index is 582. The molecule has 1 aromatic carbocycles. The normalized spacial score (nSPS) is 10.5. The number of allylic oxidation sites excluding steroid dienone is 1. The van der Waals surface area contributed by atoms with Crippen molar-refractivity contribution in [3.8, 4) is 0 Å². The summed E-state index contributed by atoms with van der Waals surface area (Å²) in [5.74, 6) is -0.349. The summed E-state index contributed by atoms with van der Waals surface area (Å²) in [4.78, 5) is 12.4. The molecule has 5 heteroatoms. The number of esters is 1. The lowest BCUT2D eigenvalue weighted by Crippen LogP contribution is -2.04. The highest BCUT2D eigenvalue weighted by atomic mass is 32.1. The maximum atomic E-state index is 11.8. The number of benzene rings is 1. The van der Waals surface area contributed by atoms with Crippen molar-refractivity contribution in [2.24, 2.45) is 0 Å². The topological polar surface area (TPSA) is 26.3 Å². The quantitative estimate of drug-likeness (QED) is 0.553. The molecule has 2 nitrogen and oxygen atoms in total. The van der Waals surface area contributed by atoms with Crippen LogP contribution in [0.25, 0.3) is 10.1 Å². The van der Waals surface area contributed by atoms with Gasteiger partial charge < -0.3 is 4.74 Å². The molecule has 0 fully saturated rings. The van der Waals surface area contributed by atoms with Crippen LogP contribution in [0.4, 0.5) is 8.78 Å². The number of rotatable bonds is 6. The zero-order valence-electron chi connectivity index (χ0n) is 10.8. The summed E-state index contributed by atoms with van der Waals surface area (Å²) >= 11 is 1.39. The zero-order valence-corrected chi connectivity index (χ0v) is 11.6. The SMILES string of the molecule is O=C(OCCCCC=C(F)F)c1cc2ccccc2s1. The maximum absolute atomic E-state index is 11.8. The molecule has 0 amide bonds. The Morgan fingerprint density at radius 3 is 2.80 bits per heavy atom. The van der Waals surface area contributed by atoms with E-state index >= 15 is 0 Å². The molecule has 0 N–H and O–H groups in total. The number of unbranched alkanes of at least 4 members (excludes halogenated alkanes) is 2. The summed E-state index contributed by atoms with van der Waals surface area (Å²) in [6, 6.07) is 9.55. The van der Waals surface area contributed by atoms with E-state index in [1.54, 1.807) is 0 Å². The van der Waals surface area contributed by atoms with Crippen molar-refractivity contribution < 1.29 is 18.3 Å². The fourth-order valence-electron chi connectivity index (χ4n) is 1.78. The Kier molecular flexibility index (Phi) is 5.24. The third-order valence-electron chi connectivity index (χ3n) is 2.76. The van der Waals surface area contributed by atoms with Gasteiger partial charge in [0, 0.05) is 4.70 Å². The maximum Gasteiger partial charge on any atom is 0.348 e. The van der Waals surface area contributed by atoms with E-state index < -0.39 is 6.08 Å². The summed E-state index contributed by atoms with van der Waals surface area (Å²) in [7, 11) is 0. The molecule has 0 spiro atoms. The van der Waals surface area contributed by atoms with E-state index in [0.717, 1.165) is 16.2 Å². The summed E-state index contributed by atoms with van der Waals surface area (Å²) in [6.45, 7) is 0.259. The second-order valence-corrected chi connectivity index (χ2v) is 5.36. The third-order valence-corrected chi connectivity index (χ3v) is 3.85. The second kappa shape index (κ2) is 7.14. The number of carbonyl (C=O) groups is 1. The Balaban J connectivity index is 1.79. The van der Waals surface area contributed by atoms with Crippen LogP contribution >= 0.6 is 11.3 Å². The summed E-state index contributed by atoms with van der Waals surface area (Å²) in [6.07, 6.45) is 0.695. The van der Waals surface area contributed by atoms with E-state index in [1.807, 2.05) is 30.3 Å². The van der Waals surface area contributed by atoms with E-state index in [2.05, 4.69) is 0 Å². The molecule has 0 aliphatic carbocycles. The van der Waals surface area contributed by atoms with E-state index in [1.165, 1.54) is 11.3 Å². The molecule has 20 heavy (non-hydrogen) atoms. The van der Waals surface area contributed by atoms with Crippen LogP contribution in [-0.4, -0.2) is 12.6 Å². The Hall–Kier alpha value is -1.75. The fourth-order valence-corrected chi connectivity index (χ4v) is 2.73. The molecule has 0 saturated heterocycles. The molecule has 0 radical (unpaired) electrons. The van der Waals surface area contributed by atoms with Gasteiger partial charge in [-0.25, -0.2) is 4.79 Å². The number of hydrogen-bond acceptors (Lipinski definition) is 3. The minimum absolute atomic E-state index is 0.259. The highest BCUT2D eigenvalue weighted by molar-refractivity contribution is 7.20. The molecule has 106 valence electrons. The van der Waals surface area contributed by atoms with Crippen molar-refractivity contribution in [3.05, 3.63) is 47.4 Å². The van der Waals surface area contributed by atoms with Gasteiger partial charge in [-0.15, -0.1) is 11.3 Å². The number of fused-ring (bicyclic) bond motifs is 1. The number of hydrogen-bond donors (Lipinski definition) is 0. The van der Waals surface area contributed by atoms with Crippen molar-refractivity contribution in [3.63, 3.8) is 0 Å². The van der Waals surface area contributed by atoms with Crippen LogP contribution < -0.4 is 0 Å². The highest BCUT2D eigenvalue weighted by Gasteiger charge is 2.10. The highest BCUT2D eigenvalue weighted by Crippen LogP contribution is 2.25. The Labute approximate surface area is 119 Å². The van der Waals surface area contributed by atoms with Gasteiger partial charge in [-0.2, -0.15) is 8.78 Å². The monoisotopic (exact) mass is 296 g/mol. The Morgan fingerprint density at radius 1 is 1.25 bits per heavy atom. The molecule has 0 unspecified atom stereocenters. The van der Waals surface area contributed by atoms with Gasteiger partial charge in [0.15, 0.2) is 0 Å². The first-order valence-corrected chi connectivity index (χ1v) is 7.15. The lowest BCUT2D eigenvalue weighted by Gasteiger charge is -2.01. The van der Waals surface area contributed by atoms with Gasteiger partial charge in [0.05, 0.1) is 6.61 Å². The smallest absolute Gasteiger partial charge is 0.348 e. The summed E-state index contributed by atoms with van der Waals surface area (Å²) in [5, 5.41) is 1.02. The van der Waals surface area contributed by atoms with Gasteiger partial charge in [0.1, 0.15) is 4.88 Å². The molecule has 2 aromatic rings. The summed E-state index contributed by atoms with van der Waals surface area (Å²) < 4.78 is 29.7. The molecule has 0 saturated carbocycles. The van der Waals surface area contributed by atoms with Crippen LogP contribution in [0.1, 0.15) is 28.9 Å². The van der Waals surface area contributed by atoms with Crippen molar-refractivity contribution in [2.75, 3.05) is 6.61 Å². The molecule has 0 atom stereocenters. The molecule has 0 aliphatic heterocycles. The van der Waals surface area contributed by atoms with Gasteiger partial charge in [0.2, 0.25) is 0 Å². The van der Waals surface area contributed by atoms with Crippen molar-refractivity contribution >= 4 is 27.4 Å². The van der Waals surface area contributed by atoms with Crippen LogP contribution in [0, 0.1) is 0 Å². The number of ether oxygens (including phenoxy) is 1. The first-order chi connectivity index (χ1) is 9.66. The van der Waals surface area contributed by atoms with Crippen LogP contribution in [-0.2, 0) is 4.74 Å². The Morgan fingerprint density at radius 2 is 2.05 bits per heavy atom. The molecule has 0 bridgehead atoms. The largest absolute Gasteiger partial charge is 0.462 e. The number of carbonyl (C=O) groups excluding carboxylic acids is 1. The van der Waals surface area contributed by atoms with E-state index in [4.69, 9.17) is 4.74 Å². The standard InChI is InChI=1S/C15H14F2O2S/c16-14(17)8-2-1-5-9-19-15(18)13-10-11-6-3-4-7-12(11)20-13/h3-4,6-8,10H,1-2,5,9H2. The van der Waals surface area contributed by atoms with E-state index in [-0.39, 0.29) is 12.6 Å². The van der Waals surface area contributed by atoms with Gasteiger partial charge >= 0.3 is 5.97 Å². The van der Waals surface area contributed by atoms with Crippen LogP contribution in [0.5, 0.6) is 0 Å². The summed E-state index contributed by atoms with van der Waals surface area (Å²) in [5.41, 5.74) is 0. The average molecular weight is 296 g/mol. The fraction of sp³-hybridized carbons (Fsp3) is 0.267. The predicted octanol–water partition coefficient (Wildman–Crippen LogP) is 5.01. The van der Waals surface area contributed by atoms with Gasteiger partial charge in [0.25, 0.3) is 6.08 Å². The lowest BCUT2D eigenvalue weighted by molar-refractivity contribution is 0.0504. The second-order valence-electron chi connectivity index (χ2n) is 4.27. The number of thiophene rings is 1. The molecular weight excluding hydrogens is 282 g/mol. The first-order valence-electron chi connectivity index (χ1n) is 6.33. The molecule has 2 rings (SSSR count). The van der Waals surface area contributed by atoms with Crippen molar-refractivity contribution in [2.45, 2.75) is 19.3 Å². The molecule has 1 heterocycles. The van der Waals surface area contributed by atoms with E-state index in [0.29, 0.717) is 24.1 Å². The predicted molar refractivity (Wildman–Crippen MR) is 76.3 cm³/mol. The first kappa shape index (κ1) is 14.7. The van der Waals surface area contributed by atoms with Crippen LogP contribution in [0.3, 0.4) is 0 Å². The lowest BCUT2D eigenvalue weighted by atomic mass is 10.2. The third kappa shape index (κ3) is 4.13. The average Bonchev–Trinajstić information content (AvgIpc) is 2.86. The van der Waals surface area contributed by atoms with Gasteiger partial charge in [-0.1, -0.05) is 18.2 Å². The van der Waals surface area contributed by atoms with Crippen molar-refractivity contribution in [1.82, 2.24) is 0 Å². The van der Waals surface area contributed by atoms with Crippen LogP contribution in [0.2, 0.25) is 0 Å². The molecular formula is C15H14F2O2S. The minimum atomic E-state index is -1.66. The van der Waals surface area contributed by atoms with E-state index in [9.17, 15) is 13.6 Å². The number of halogens is 2.